The molecule has 0 radical (unpaired) electrons. The van der Waals surface area contributed by atoms with Crippen LogP contribution < -0.4 is 15.4 Å². The number of anilines is 2. The van der Waals surface area contributed by atoms with Gasteiger partial charge < -0.3 is 15.4 Å². The maximum Gasteiger partial charge on any atom is 0.193 e. The zero-order chi connectivity index (χ0) is 14.8. The first kappa shape index (κ1) is 13.5. The molecule has 0 fully saturated rings. The van der Waals surface area contributed by atoms with Gasteiger partial charge in [-0.05, 0) is 37.3 Å². The van der Waals surface area contributed by atoms with Crippen molar-refractivity contribution in [1.82, 2.24) is 0 Å². The van der Waals surface area contributed by atoms with Gasteiger partial charge in [-0.1, -0.05) is 12.1 Å². The third kappa shape index (κ3) is 2.57. The third-order valence-corrected chi connectivity index (χ3v) is 3.71. The van der Waals surface area contributed by atoms with E-state index in [2.05, 4.69) is 11.8 Å². The number of rotatable bonds is 3. The van der Waals surface area contributed by atoms with E-state index in [0.29, 0.717) is 23.4 Å². The molecule has 0 aliphatic carbocycles. The van der Waals surface area contributed by atoms with E-state index in [1.807, 2.05) is 18.2 Å². The molecule has 0 atom stereocenters. The van der Waals surface area contributed by atoms with Crippen molar-refractivity contribution in [2.24, 2.45) is 0 Å². The van der Waals surface area contributed by atoms with Crippen LogP contribution in [-0.4, -0.2) is 25.5 Å². The zero-order valence-corrected chi connectivity index (χ0v) is 12.0. The summed E-state index contributed by atoms with van der Waals surface area (Å²) in [5, 5.41) is 0. The lowest BCUT2D eigenvalue weighted by Crippen LogP contribution is -2.32. The Labute approximate surface area is 124 Å². The van der Waals surface area contributed by atoms with Crippen molar-refractivity contribution < 1.29 is 9.53 Å². The topological polar surface area (TPSA) is 55.6 Å². The first-order chi connectivity index (χ1) is 10.2. The molecule has 1 heterocycles. The second kappa shape index (κ2) is 5.48. The first-order valence-electron chi connectivity index (χ1n) is 7.11. The summed E-state index contributed by atoms with van der Waals surface area (Å²) >= 11 is 0. The molecule has 1 aliphatic rings. The summed E-state index contributed by atoms with van der Waals surface area (Å²) in [5.74, 6) is 0.736. The number of nitrogens with two attached hydrogens (primary N) is 1. The van der Waals surface area contributed by atoms with Crippen LogP contribution in [0.2, 0.25) is 0 Å². The lowest BCUT2D eigenvalue weighted by Gasteiger charge is -2.30. The van der Waals surface area contributed by atoms with Crippen LogP contribution in [0.1, 0.15) is 22.8 Å². The molecule has 0 spiro atoms. The van der Waals surface area contributed by atoms with Gasteiger partial charge in [0.15, 0.2) is 5.78 Å². The molecule has 0 unspecified atom stereocenters. The minimum absolute atomic E-state index is 0.0395. The number of likely N-dealkylation sites (N-methyl/N-ethyl adjacent to an activating group) is 1. The first-order valence-corrected chi connectivity index (χ1v) is 7.11. The molecule has 4 heteroatoms. The Morgan fingerprint density at radius 3 is 2.81 bits per heavy atom. The van der Waals surface area contributed by atoms with E-state index in [1.165, 1.54) is 0 Å². The van der Waals surface area contributed by atoms with E-state index in [0.717, 1.165) is 24.5 Å². The Morgan fingerprint density at radius 2 is 2.05 bits per heavy atom. The van der Waals surface area contributed by atoms with Gasteiger partial charge >= 0.3 is 0 Å². The number of carbonyl (C=O) groups excluding carboxylic acids is 1. The van der Waals surface area contributed by atoms with Crippen LogP contribution in [0.5, 0.6) is 5.75 Å². The summed E-state index contributed by atoms with van der Waals surface area (Å²) in [7, 11) is 0. The Morgan fingerprint density at radius 1 is 1.24 bits per heavy atom. The van der Waals surface area contributed by atoms with Gasteiger partial charge in [0.1, 0.15) is 12.4 Å². The predicted octanol–water partition coefficient (Wildman–Crippen LogP) is 2.72. The Balaban J connectivity index is 1.95. The standard InChI is InChI=1S/C17H18N2O2/c1-2-19-8-9-21-16-11-13(6-7-15(16)19)17(20)12-4-3-5-14(18)10-12/h3-7,10-11H,2,8-9,18H2,1H3. The predicted molar refractivity (Wildman–Crippen MR) is 84.1 cm³/mol. The third-order valence-electron chi connectivity index (χ3n) is 3.71. The van der Waals surface area contributed by atoms with E-state index in [1.54, 1.807) is 24.3 Å². The lowest BCUT2D eigenvalue weighted by atomic mass is 10.0. The van der Waals surface area contributed by atoms with Gasteiger partial charge in [-0.3, -0.25) is 4.79 Å². The van der Waals surface area contributed by atoms with Crippen LogP contribution in [0, 0.1) is 0 Å². The summed E-state index contributed by atoms with van der Waals surface area (Å²) in [6, 6.07) is 12.7. The smallest absolute Gasteiger partial charge is 0.193 e. The summed E-state index contributed by atoms with van der Waals surface area (Å²) in [5.41, 5.74) is 8.59. The van der Waals surface area contributed by atoms with Crippen LogP contribution in [0.25, 0.3) is 0 Å². The minimum atomic E-state index is -0.0395. The molecular weight excluding hydrogens is 264 g/mol. The molecule has 0 amide bonds. The van der Waals surface area contributed by atoms with E-state index >= 15 is 0 Å². The summed E-state index contributed by atoms with van der Waals surface area (Å²) < 4.78 is 5.69. The van der Waals surface area contributed by atoms with Crippen molar-refractivity contribution in [2.75, 3.05) is 30.3 Å². The van der Waals surface area contributed by atoms with Crippen LogP contribution in [0.15, 0.2) is 42.5 Å². The normalized spacial score (nSPS) is 13.5. The van der Waals surface area contributed by atoms with Crippen molar-refractivity contribution in [2.45, 2.75) is 6.92 Å². The van der Waals surface area contributed by atoms with Crippen LogP contribution in [0.4, 0.5) is 11.4 Å². The molecule has 108 valence electrons. The van der Waals surface area contributed by atoms with E-state index in [9.17, 15) is 4.79 Å². The number of ether oxygens (including phenoxy) is 1. The van der Waals surface area contributed by atoms with Crippen molar-refractivity contribution in [3.8, 4) is 5.75 Å². The van der Waals surface area contributed by atoms with Gasteiger partial charge in [0, 0.05) is 23.4 Å². The number of benzene rings is 2. The molecule has 1 aliphatic heterocycles. The second-order valence-corrected chi connectivity index (χ2v) is 5.07. The highest BCUT2D eigenvalue weighted by Gasteiger charge is 2.19. The monoisotopic (exact) mass is 282 g/mol. The summed E-state index contributed by atoms with van der Waals surface area (Å²) in [4.78, 5) is 14.8. The molecule has 4 nitrogen and oxygen atoms in total. The second-order valence-electron chi connectivity index (χ2n) is 5.07. The highest BCUT2D eigenvalue weighted by molar-refractivity contribution is 6.09. The highest BCUT2D eigenvalue weighted by atomic mass is 16.5. The van der Waals surface area contributed by atoms with Gasteiger partial charge in [-0.2, -0.15) is 0 Å². The van der Waals surface area contributed by atoms with E-state index in [4.69, 9.17) is 10.5 Å². The SMILES string of the molecule is CCN1CCOc2cc(C(=O)c3cccc(N)c3)ccc21. The van der Waals surface area contributed by atoms with Crippen molar-refractivity contribution in [3.05, 3.63) is 53.6 Å². The number of ketones is 1. The summed E-state index contributed by atoms with van der Waals surface area (Å²) in [6.07, 6.45) is 0. The van der Waals surface area contributed by atoms with Crippen LogP contribution in [0.3, 0.4) is 0 Å². The van der Waals surface area contributed by atoms with Gasteiger partial charge in [0.2, 0.25) is 0 Å². The maximum absolute atomic E-state index is 12.5. The van der Waals surface area contributed by atoms with Crippen LogP contribution >= 0.6 is 0 Å². The van der Waals surface area contributed by atoms with Gasteiger partial charge in [0.05, 0.1) is 12.2 Å². The molecule has 2 N–H and O–H groups in total. The van der Waals surface area contributed by atoms with Crippen LogP contribution in [-0.2, 0) is 0 Å². The molecule has 0 aromatic heterocycles. The number of nitrogens with zero attached hydrogens (tertiary/aromatic N) is 1. The molecule has 0 bridgehead atoms. The number of carbonyl (C=O) groups is 1. The average Bonchev–Trinajstić information content (AvgIpc) is 2.53. The fourth-order valence-corrected chi connectivity index (χ4v) is 2.59. The molecule has 0 saturated heterocycles. The fraction of sp³-hybridized carbons (Fsp3) is 0.235. The van der Waals surface area contributed by atoms with E-state index < -0.39 is 0 Å². The fourth-order valence-electron chi connectivity index (χ4n) is 2.59. The van der Waals surface area contributed by atoms with Crippen molar-refractivity contribution in [3.63, 3.8) is 0 Å². The molecule has 2 aromatic carbocycles. The quantitative estimate of drug-likeness (QED) is 0.694. The van der Waals surface area contributed by atoms with Gasteiger partial charge in [-0.25, -0.2) is 0 Å². The maximum atomic E-state index is 12.5. The van der Waals surface area contributed by atoms with Crippen molar-refractivity contribution >= 4 is 17.2 Å². The number of hydrogen-bond acceptors (Lipinski definition) is 4. The average molecular weight is 282 g/mol. The highest BCUT2D eigenvalue weighted by Crippen LogP contribution is 2.32. The van der Waals surface area contributed by atoms with Gasteiger partial charge in [0.25, 0.3) is 0 Å². The molecule has 21 heavy (non-hydrogen) atoms. The van der Waals surface area contributed by atoms with Crippen molar-refractivity contribution in [1.29, 1.82) is 0 Å². The van der Waals surface area contributed by atoms with Gasteiger partial charge in [-0.15, -0.1) is 0 Å². The minimum Gasteiger partial charge on any atom is -0.490 e. The summed E-state index contributed by atoms with van der Waals surface area (Å²) in [6.45, 7) is 4.57. The molecule has 3 rings (SSSR count). The Hall–Kier alpha value is -2.49. The number of nitrogen functional groups attached to an aromatic ring is 1. The lowest BCUT2D eigenvalue weighted by molar-refractivity contribution is 0.103. The van der Waals surface area contributed by atoms with E-state index in [-0.39, 0.29) is 5.78 Å². The largest absolute Gasteiger partial charge is 0.490 e. The molecule has 2 aromatic rings. The molecular formula is C17H18N2O2. The Bertz CT molecular complexity index is 682. The zero-order valence-electron chi connectivity index (χ0n) is 12.0. The molecule has 0 saturated carbocycles. The number of hydrogen-bond donors (Lipinski definition) is 1. The Kier molecular flexibility index (Phi) is 3.52. The number of fused-ring (bicyclic) bond motifs is 1.